The molecule has 4 atom stereocenters. The Hall–Kier alpha value is -0.690. The van der Waals surface area contributed by atoms with Crippen molar-refractivity contribution >= 4 is 5.91 Å². The van der Waals surface area contributed by atoms with Crippen LogP contribution in [-0.4, -0.2) is 52.1 Å². The van der Waals surface area contributed by atoms with Crippen LogP contribution in [-0.2, 0) is 4.79 Å². The molecule has 4 unspecified atom stereocenters. The highest BCUT2D eigenvalue weighted by atomic mass is 16.3. The van der Waals surface area contributed by atoms with Crippen molar-refractivity contribution in [3.8, 4) is 0 Å². The molecule has 70 valence electrons. The zero-order valence-electron chi connectivity index (χ0n) is 6.34. The first-order chi connectivity index (χ1) is 5.57. The van der Waals surface area contributed by atoms with Crippen molar-refractivity contribution in [3.63, 3.8) is 0 Å². The number of hydrogen-bond acceptors (Lipinski definition) is 5. The fraction of sp³-hybridized carbons (Fsp3) is 0.833. The number of rotatable bonds is 1. The molecule has 0 aromatic carbocycles. The molecule has 0 radical (unpaired) electrons. The second-order valence-corrected chi connectivity index (χ2v) is 2.80. The van der Waals surface area contributed by atoms with E-state index in [2.05, 4.69) is 5.32 Å². The van der Waals surface area contributed by atoms with Gasteiger partial charge in [-0.1, -0.05) is 0 Å². The Morgan fingerprint density at radius 2 is 2.00 bits per heavy atom. The topological polar surface area (TPSA) is 116 Å². The Labute approximate surface area is 69.0 Å². The number of nitrogens with one attached hydrogen (secondary N) is 1. The Bertz CT molecular complexity index is 184. The van der Waals surface area contributed by atoms with E-state index in [4.69, 9.17) is 10.8 Å². The summed E-state index contributed by atoms with van der Waals surface area (Å²) < 4.78 is 0. The molecule has 0 aliphatic carbocycles. The van der Waals surface area contributed by atoms with Crippen LogP contribution >= 0.6 is 0 Å². The third kappa shape index (κ3) is 1.42. The van der Waals surface area contributed by atoms with Gasteiger partial charge in [0, 0.05) is 0 Å². The van der Waals surface area contributed by atoms with E-state index in [1.54, 1.807) is 0 Å². The van der Waals surface area contributed by atoms with Gasteiger partial charge < -0.3 is 26.4 Å². The lowest BCUT2D eigenvalue weighted by atomic mass is 9.95. The number of nitrogens with two attached hydrogens (primary N) is 1. The third-order valence-electron chi connectivity index (χ3n) is 1.96. The molecular formula is C6H12N2O4. The minimum Gasteiger partial charge on any atom is -0.394 e. The van der Waals surface area contributed by atoms with Crippen LogP contribution in [0.25, 0.3) is 0 Å². The molecule has 0 bridgehead atoms. The van der Waals surface area contributed by atoms with E-state index in [1.807, 2.05) is 0 Å². The van der Waals surface area contributed by atoms with Gasteiger partial charge in [0.15, 0.2) is 0 Å². The fourth-order valence-electron chi connectivity index (χ4n) is 1.12. The Morgan fingerprint density at radius 1 is 1.42 bits per heavy atom. The number of piperidine rings is 1. The first kappa shape index (κ1) is 9.40. The van der Waals surface area contributed by atoms with Crippen LogP contribution in [0.3, 0.4) is 0 Å². The van der Waals surface area contributed by atoms with Crippen molar-refractivity contribution in [2.24, 2.45) is 5.73 Å². The average molecular weight is 176 g/mol. The number of aliphatic hydroxyl groups excluding tert-OH is 3. The largest absolute Gasteiger partial charge is 0.394 e. The normalized spacial score (nSPS) is 42.5. The van der Waals surface area contributed by atoms with E-state index in [0.717, 1.165) is 0 Å². The highest BCUT2D eigenvalue weighted by Crippen LogP contribution is 2.09. The third-order valence-corrected chi connectivity index (χ3v) is 1.96. The second-order valence-electron chi connectivity index (χ2n) is 2.80. The minimum atomic E-state index is -1.31. The lowest BCUT2D eigenvalue weighted by molar-refractivity contribution is -0.137. The molecular weight excluding hydrogens is 164 g/mol. The van der Waals surface area contributed by atoms with Crippen molar-refractivity contribution < 1.29 is 20.1 Å². The van der Waals surface area contributed by atoms with Gasteiger partial charge in [0.1, 0.15) is 18.2 Å². The van der Waals surface area contributed by atoms with E-state index in [-0.39, 0.29) is 0 Å². The van der Waals surface area contributed by atoms with Crippen LogP contribution in [0.2, 0.25) is 0 Å². The predicted octanol–water partition coefficient (Wildman–Crippen LogP) is -3.47. The van der Waals surface area contributed by atoms with Crippen molar-refractivity contribution in [2.75, 3.05) is 6.61 Å². The van der Waals surface area contributed by atoms with Crippen LogP contribution in [0.4, 0.5) is 0 Å². The molecule has 1 rings (SSSR count). The first-order valence-electron chi connectivity index (χ1n) is 3.61. The molecule has 12 heavy (non-hydrogen) atoms. The molecule has 1 heterocycles. The number of carbonyl (C=O) groups is 1. The molecule has 6 nitrogen and oxygen atoms in total. The van der Waals surface area contributed by atoms with Crippen LogP contribution in [0.15, 0.2) is 0 Å². The number of hydrogen-bond donors (Lipinski definition) is 5. The van der Waals surface area contributed by atoms with Gasteiger partial charge in [0.2, 0.25) is 5.91 Å². The zero-order chi connectivity index (χ0) is 9.30. The van der Waals surface area contributed by atoms with Gasteiger partial charge in [-0.2, -0.15) is 0 Å². The van der Waals surface area contributed by atoms with Gasteiger partial charge in [-0.25, -0.2) is 0 Å². The summed E-state index contributed by atoms with van der Waals surface area (Å²) in [5.74, 6) is -0.563. The summed E-state index contributed by atoms with van der Waals surface area (Å²) in [7, 11) is 0. The average Bonchev–Trinajstić information content (AvgIpc) is 2.08. The maximum Gasteiger partial charge on any atom is 0.240 e. The molecule has 6 heteroatoms. The molecule has 1 fully saturated rings. The second kappa shape index (κ2) is 3.36. The molecule has 1 saturated heterocycles. The zero-order valence-corrected chi connectivity index (χ0v) is 6.34. The van der Waals surface area contributed by atoms with Gasteiger partial charge in [0.05, 0.1) is 12.6 Å². The standard InChI is InChI=1S/C6H12N2O4/c7-3-5(11)4(10)2(1-9)8-6(3)12/h2-5,9-11H,1,7H2,(H,8,12). The highest BCUT2D eigenvalue weighted by molar-refractivity contribution is 5.83. The van der Waals surface area contributed by atoms with Crippen molar-refractivity contribution in [1.82, 2.24) is 5.32 Å². The summed E-state index contributed by atoms with van der Waals surface area (Å²) in [6.45, 7) is -0.420. The Kier molecular flexibility index (Phi) is 2.63. The molecule has 0 aromatic rings. The van der Waals surface area contributed by atoms with Gasteiger partial charge in [0.25, 0.3) is 0 Å². The maximum atomic E-state index is 10.9. The molecule has 1 amide bonds. The van der Waals surface area contributed by atoms with Gasteiger partial charge in [-0.05, 0) is 0 Å². The summed E-state index contributed by atoms with van der Waals surface area (Å²) in [4.78, 5) is 10.9. The molecule has 1 aliphatic rings. The summed E-state index contributed by atoms with van der Waals surface area (Å²) in [5.41, 5.74) is 5.23. The van der Waals surface area contributed by atoms with Crippen molar-refractivity contribution in [2.45, 2.75) is 24.3 Å². The quantitative estimate of drug-likeness (QED) is 0.284. The SMILES string of the molecule is NC1C(=O)NC(CO)C(O)C1O. The number of aliphatic hydroxyl groups is 3. The molecule has 0 aromatic heterocycles. The first-order valence-corrected chi connectivity index (χ1v) is 3.61. The van der Waals surface area contributed by atoms with Crippen LogP contribution in [0.5, 0.6) is 0 Å². The summed E-state index contributed by atoms with van der Waals surface area (Å²) >= 11 is 0. The van der Waals surface area contributed by atoms with Crippen molar-refractivity contribution in [3.05, 3.63) is 0 Å². The molecule has 6 N–H and O–H groups in total. The van der Waals surface area contributed by atoms with E-state index in [0.29, 0.717) is 0 Å². The molecule has 1 aliphatic heterocycles. The van der Waals surface area contributed by atoms with Crippen LogP contribution in [0.1, 0.15) is 0 Å². The van der Waals surface area contributed by atoms with Gasteiger partial charge >= 0.3 is 0 Å². The van der Waals surface area contributed by atoms with E-state index in [9.17, 15) is 15.0 Å². The number of amides is 1. The van der Waals surface area contributed by atoms with Gasteiger partial charge in [-0.15, -0.1) is 0 Å². The molecule has 0 spiro atoms. The van der Waals surface area contributed by atoms with E-state index < -0.39 is 36.8 Å². The Balaban J connectivity index is 2.70. The highest BCUT2D eigenvalue weighted by Gasteiger charge is 2.39. The fourth-order valence-corrected chi connectivity index (χ4v) is 1.12. The monoisotopic (exact) mass is 176 g/mol. The van der Waals surface area contributed by atoms with E-state index in [1.165, 1.54) is 0 Å². The van der Waals surface area contributed by atoms with Crippen LogP contribution in [0, 0.1) is 0 Å². The lowest BCUT2D eigenvalue weighted by Crippen LogP contribution is -2.66. The maximum absolute atomic E-state index is 10.9. The number of carbonyl (C=O) groups excluding carboxylic acids is 1. The smallest absolute Gasteiger partial charge is 0.240 e. The lowest BCUT2D eigenvalue weighted by Gasteiger charge is -2.34. The Morgan fingerprint density at radius 3 is 2.50 bits per heavy atom. The van der Waals surface area contributed by atoms with E-state index >= 15 is 0 Å². The predicted molar refractivity (Wildman–Crippen MR) is 39.0 cm³/mol. The van der Waals surface area contributed by atoms with Gasteiger partial charge in [-0.3, -0.25) is 4.79 Å². The molecule has 0 saturated carbocycles. The summed E-state index contributed by atoms with van der Waals surface area (Å²) in [6.07, 6.45) is -2.52. The minimum absolute atomic E-state index is 0.420. The van der Waals surface area contributed by atoms with Crippen molar-refractivity contribution in [1.29, 1.82) is 0 Å². The summed E-state index contributed by atoms with van der Waals surface area (Å²) in [6, 6.07) is -1.95. The van der Waals surface area contributed by atoms with Crippen LogP contribution < -0.4 is 11.1 Å². The summed E-state index contributed by atoms with van der Waals surface area (Å²) in [5, 5.41) is 29.3.